The van der Waals surface area contributed by atoms with Crippen LogP contribution in [0.3, 0.4) is 0 Å². The molecular formula is C11H22N2O3. The van der Waals surface area contributed by atoms with E-state index in [2.05, 4.69) is 0 Å². The first-order valence-corrected chi connectivity index (χ1v) is 5.91. The molecule has 94 valence electrons. The minimum atomic E-state index is 0.0443. The number of nitrogens with two attached hydrogens (primary N) is 1. The Morgan fingerprint density at radius 3 is 3.00 bits per heavy atom. The summed E-state index contributed by atoms with van der Waals surface area (Å²) in [5.74, 6) is 0.529. The number of ether oxygens (including phenoxy) is 2. The highest BCUT2D eigenvalue weighted by atomic mass is 16.5. The molecule has 1 aliphatic heterocycles. The van der Waals surface area contributed by atoms with Gasteiger partial charge in [0.1, 0.15) is 6.61 Å². The lowest BCUT2D eigenvalue weighted by molar-refractivity contribution is -0.136. The summed E-state index contributed by atoms with van der Waals surface area (Å²) in [5, 5.41) is 0. The summed E-state index contributed by atoms with van der Waals surface area (Å²) in [4.78, 5) is 13.6. The number of amides is 1. The Bertz CT molecular complexity index is 205. The Morgan fingerprint density at radius 2 is 2.44 bits per heavy atom. The van der Waals surface area contributed by atoms with Crippen LogP contribution in [0.25, 0.3) is 0 Å². The second kappa shape index (κ2) is 7.60. The molecule has 1 unspecified atom stereocenters. The number of carbonyl (C=O) groups is 1. The van der Waals surface area contributed by atoms with Gasteiger partial charge in [0.2, 0.25) is 5.91 Å². The molecule has 0 aromatic carbocycles. The highest BCUT2D eigenvalue weighted by Crippen LogP contribution is 2.13. The molecule has 1 saturated heterocycles. The molecule has 0 radical (unpaired) electrons. The summed E-state index contributed by atoms with van der Waals surface area (Å²) in [6, 6.07) is 0. The zero-order chi connectivity index (χ0) is 11.8. The van der Waals surface area contributed by atoms with Gasteiger partial charge in [-0.05, 0) is 13.3 Å². The molecule has 0 bridgehead atoms. The van der Waals surface area contributed by atoms with E-state index >= 15 is 0 Å². The predicted octanol–water partition coefficient (Wildman–Crippen LogP) is -0.153. The van der Waals surface area contributed by atoms with Gasteiger partial charge >= 0.3 is 0 Å². The third kappa shape index (κ3) is 4.47. The quantitative estimate of drug-likeness (QED) is 0.618. The topological polar surface area (TPSA) is 64.8 Å². The summed E-state index contributed by atoms with van der Waals surface area (Å²) in [6.45, 7) is 6.11. The van der Waals surface area contributed by atoms with Crippen LogP contribution in [-0.4, -0.2) is 56.9 Å². The lowest BCUT2D eigenvalue weighted by atomic mass is 10.1. The molecule has 1 heterocycles. The number of hydrogen-bond donors (Lipinski definition) is 1. The molecule has 1 atom stereocenters. The molecule has 0 aromatic heterocycles. The molecule has 1 rings (SSSR count). The fourth-order valence-corrected chi connectivity index (χ4v) is 1.78. The first kappa shape index (κ1) is 13.4. The fourth-order valence-electron chi connectivity index (χ4n) is 1.78. The zero-order valence-corrected chi connectivity index (χ0v) is 9.98. The summed E-state index contributed by atoms with van der Waals surface area (Å²) in [5.41, 5.74) is 5.29. The van der Waals surface area contributed by atoms with Crippen molar-refractivity contribution < 1.29 is 14.3 Å². The fraction of sp³-hybridized carbons (Fsp3) is 0.909. The molecule has 1 amide bonds. The Kier molecular flexibility index (Phi) is 6.37. The standard InChI is InChI=1S/C11H22N2O3/c1-2-13(7-10-3-5-15-8-10)11(14)9-16-6-4-12/h10H,2-9,12H2,1H3. The lowest BCUT2D eigenvalue weighted by Gasteiger charge is -2.23. The Morgan fingerprint density at radius 1 is 1.62 bits per heavy atom. The Balaban J connectivity index is 2.25. The van der Waals surface area contributed by atoms with Crippen molar-refractivity contribution in [1.82, 2.24) is 4.90 Å². The van der Waals surface area contributed by atoms with Crippen molar-refractivity contribution in [2.24, 2.45) is 11.7 Å². The second-order valence-electron chi connectivity index (χ2n) is 4.00. The summed E-state index contributed by atoms with van der Waals surface area (Å²) < 4.78 is 10.4. The molecule has 16 heavy (non-hydrogen) atoms. The van der Waals surface area contributed by atoms with Gasteiger partial charge in [-0.1, -0.05) is 0 Å². The molecular weight excluding hydrogens is 208 g/mol. The molecule has 1 aliphatic rings. The van der Waals surface area contributed by atoms with Crippen molar-refractivity contribution in [3.63, 3.8) is 0 Å². The van der Waals surface area contributed by atoms with E-state index in [1.165, 1.54) is 0 Å². The van der Waals surface area contributed by atoms with Crippen LogP contribution in [-0.2, 0) is 14.3 Å². The second-order valence-corrected chi connectivity index (χ2v) is 4.00. The van der Waals surface area contributed by atoms with Gasteiger partial charge in [0.25, 0.3) is 0 Å². The SMILES string of the molecule is CCN(CC1CCOC1)C(=O)COCCN. The van der Waals surface area contributed by atoms with Crippen molar-refractivity contribution in [3.05, 3.63) is 0 Å². The van der Waals surface area contributed by atoms with Crippen LogP contribution in [0.15, 0.2) is 0 Å². The number of likely N-dealkylation sites (N-methyl/N-ethyl adjacent to an activating group) is 1. The van der Waals surface area contributed by atoms with Crippen LogP contribution in [0.2, 0.25) is 0 Å². The van der Waals surface area contributed by atoms with Crippen molar-refractivity contribution in [2.45, 2.75) is 13.3 Å². The van der Waals surface area contributed by atoms with E-state index in [1.807, 2.05) is 11.8 Å². The maximum Gasteiger partial charge on any atom is 0.248 e. The Hall–Kier alpha value is -0.650. The van der Waals surface area contributed by atoms with Crippen molar-refractivity contribution >= 4 is 5.91 Å². The minimum absolute atomic E-state index is 0.0443. The van der Waals surface area contributed by atoms with E-state index in [-0.39, 0.29) is 12.5 Å². The molecule has 0 saturated carbocycles. The van der Waals surface area contributed by atoms with E-state index in [4.69, 9.17) is 15.2 Å². The number of rotatable bonds is 7. The molecule has 0 spiro atoms. The molecule has 2 N–H and O–H groups in total. The van der Waals surface area contributed by atoms with Crippen molar-refractivity contribution in [3.8, 4) is 0 Å². The number of carbonyl (C=O) groups excluding carboxylic acids is 1. The first-order valence-electron chi connectivity index (χ1n) is 5.91. The maximum absolute atomic E-state index is 11.8. The third-order valence-electron chi connectivity index (χ3n) is 2.72. The number of nitrogens with zero attached hydrogens (tertiary/aromatic N) is 1. The summed E-state index contributed by atoms with van der Waals surface area (Å²) in [7, 11) is 0. The molecule has 0 aliphatic carbocycles. The normalized spacial score (nSPS) is 20.0. The summed E-state index contributed by atoms with van der Waals surface area (Å²) in [6.07, 6.45) is 1.05. The van der Waals surface area contributed by atoms with Crippen LogP contribution in [0, 0.1) is 5.92 Å². The van der Waals surface area contributed by atoms with Gasteiger partial charge in [-0.3, -0.25) is 4.79 Å². The van der Waals surface area contributed by atoms with E-state index in [0.29, 0.717) is 19.1 Å². The largest absolute Gasteiger partial charge is 0.381 e. The molecule has 1 fully saturated rings. The molecule has 0 aromatic rings. The highest BCUT2D eigenvalue weighted by Gasteiger charge is 2.21. The van der Waals surface area contributed by atoms with Crippen LogP contribution in [0.5, 0.6) is 0 Å². The lowest BCUT2D eigenvalue weighted by Crippen LogP contribution is -2.38. The van der Waals surface area contributed by atoms with Gasteiger partial charge in [-0.25, -0.2) is 0 Å². The third-order valence-corrected chi connectivity index (χ3v) is 2.72. The van der Waals surface area contributed by atoms with E-state index in [1.54, 1.807) is 0 Å². The molecule has 5 heteroatoms. The minimum Gasteiger partial charge on any atom is -0.381 e. The van der Waals surface area contributed by atoms with Crippen molar-refractivity contribution in [2.75, 3.05) is 46.1 Å². The van der Waals surface area contributed by atoms with Gasteiger partial charge in [-0.15, -0.1) is 0 Å². The summed E-state index contributed by atoms with van der Waals surface area (Å²) >= 11 is 0. The predicted molar refractivity (Wildman–Crippen MR) is 61.1 cm³/mol. The van der Waals surface area contributed by atoms with Gasteiger partial charge in [0.05, 0.1) is 13.2 Å². The number of hydrogen-bond acceptors (Lipinski definition) is 4. The average molecular weight is 230 g/mol. The van der Waals surface area contributed by atoms with Gasteiger partial charge in [0.15, 0.2) is 0 Å². The maximum atomic E-state index is 11.8. The molecule has 5 nitrogen and oxygen atoms in total. The zero-order valence-electron chi connectivity index (χ0n) is 9.98. The van der Waals surface area contributed by atoms with Crippen molar-refractivity contribution in [1.29, 1.82) is 0 Å². The van der Waals surface area contributed by atoms with Crippen LogP contribution < -0.4 is 5.73 Å². The van der Waals surface area contributed by atoms with Gasteiger partial charge < -0.3 is 20.1 Å². The van der Waals surface area contributed by atoms with E-state index in [9.17, 15) is 4.79 Å². The first-order chi connectivity index (χ1) is 7.77. The smallest absolute Gasteiger partial charge is 0.248 e. The van der Waals surface area contributed by atoms with Gasteiger partial charge in [-0.2, -0.15) is 0 Å². The van der Waals surface area contributed by atoms with E-state index in [0.717, 1.165) is 32.7 Å². The Labute approximate surface area is 96.9 Å². The average Bonchev–Trinajstić information content (AvgIpc) is 2.78. The van der Waals surface area contributed by atoms with E-state index < -0.39 is 0 Å². The monoisotopic (exact) mass is 230 g/mol. The van der Waals surface area contributed by atoms with Crippen LogP contribution in [0.1, 0.15) is 13.3 Å². The van der Waals surface area contributed by atoms with Crippen LogP contribution in [0.4, 0.5) is 0 Å². The highest BCUT2D eigenvalue weighted by molar-refractivity contribution is 5.77. The van der Waals surface area contributed by atoms with Gasteiger partial charge in [0, 0.05) is 32.2 Å². The van der Waals surface area contributed by atoms with Crippen LogP contribution >= 0.6 is 0 Å².